The first-order valence-electron chi connectivity index (χ1n) is 6.84. The highest BCUT2D eigenvalue weighted by Crippen LogP contribution is 2.24. The van der Waals surface area contributed by atoms with Gasteiger partial charge in [-0.15, -0.1) is 0 Å². The predicted molar refractivity (Wildman–Crippen MR) is 72.9 cm³/mol. The molecule has 3 nitrogen and oxygen atoms in total. The lowest BCUT2D eigenvalue weighted by Gasteiger charge is -2.22. The molecule has 17 heavy (non-hydrogen) atoms. The minimum Gasteiger partial charge on any atom is -0.334 e. The molecule has 1 aromatic heterocycles. The van der Waals surface area contributed by atoms with Crippen LogP contribution in [-0.4, -0.2) is 16.1 Å². The van der Waals surface area contributed by atoms with E-state index in [0.717, 1.165) is 12.5 Å². The molecule has 0 bridgehead atoms. The van der Waals surface area contributed by atoms with Gasteiger partial charge in [-0.2, -0.15) is 0 Å². The summed E-state index contributed by atoms with van der Waals surface area (Å²) in [5, 5.41) is 0. The fourth-order valence-electron chi connectivity index (χ4n) is 2.35. The van der Waals surface area contributed by atoms with Gasteiger partial charge in [0.15, 0.2) is 0 Å². The summed E-state index contributed by atoms with van der Waals surface area (Å²) in [4.78, 5) is 4.30. The molecular formula is C14H27N3. The molecule has 98 valence electrons. The van der Waals surface area contributed by atoms with Crippen molar-refractivity contribution in [2.45, 2.75) is 53.0 Å². The van der Waals surface area contributed by atoms with Gasteiger partial charge in [-0.25, -0.2) is 4.98 Å². The van der Waals surface area contributed by atoms with Crippen LogP contribution in [0.15, 0.2) is 12.5 Å². The quantitative estimate of drug-likeness (QED) is 0.792. The van der Waals surface area contributed by atoms with E-state index in [2.05, 4.69) is 37.2 Å². The first-order chi connectivity index (χ1) is 8.13. The smallest absolute Gasteiger partial charge is 0.0948 e. The molecule has 0 radical (unpaired) electrons. The molecule has 0 fully saturated rings. The predicted octanol–water partition coefficient (Wildman–Crippen LogP) is 3.02. The molecule has 0 spiro atoms. The summed E-state index contributed by atoms with van der Waals surface area (Å²) in [6, 6.07) is 0. The first-order valence-corrected chi connectivity index (χ1v) is 6.84. The highest BCUT2D eigenvalue weighted by molar-refractivity contribution is 5.08. The van der Waals surface area contributed by atoms with Gasteiger partial charge in [0, 0.05) is 30.9 Å². The Kier molecular flexibility index (Phi) is 5.69. The van der Waals surface area contributed by atoms with E-state index in [0.29, 0.717) is 18.4 Å². The minimum absolute atomic E-state index is 0.423. The summed E-state index contributed by atoms with van der Waals surface area (Å²) in [5.74, 6) is 1.73. The van der Waals surface area contributed by atoms with Crippen LogP contribution >= 0.6 is 0 Å². The van der Waals surface area contributed by atoms with E-state index in [1.54, 1.807) is 0 Å². The molecule has 0 aliphatic carbocycles. The van der Waals surface area contributed by atoms with Crippen LogP contribution in [0.1, 0.15) is 52.1 Å². The number of nitrogens with zero attached hydrogens (tertiary/aromatic N) is 2. The van der Waals surface area contributed by atoms with E-state index in [1.165, 1.54) is 18.5 Å². The first kappa shape index (κ1) is 14.2. The maximum absolute atomic E-state index is 5.89. The van der Waals surface area contributed by atoms with E-state index in [-0.39, 0.29) is 0 Å². The summed E-state index contributed by atoms with van der Waals surface area (Å²) in [6.07, 6.45) is 6.39. The molecule has 0 amide bonds. The van der Waals surface area contributed by atoms with Gasteiger partial charge in [0.2, 0.25) is 0 Å². The molecule has 0 aliphatic heterocycles. The normalized spacial score (nSPS) is 13.6. The van der Waals surface area contributed by atoms with E-state index in [9.17, 15) is 0 Å². The third kappa shape index (κ3) is 3.56. The third-order valence-corrected chi connectivity index (χ3v) is 3.79. The highest BCUT2D eigenvalue weighted by atomic mass is 15.1. The fourth-order valence-corrected chi connectivity index (χ4v) is 2.35. The Bertz CT molecular complexity index is 313. The molecule has 0 saturated heterocycles. The van der Waals surface area contributed by atoms with Crippen molar-refractivity contribution >= 4 is 0 Å². The number of nitrogens with two attached hydrogens (primary N) is 1. The second-order valence-electron chi connectivity index (χ2n) is 5.24. The SMILES string of the molecule is CCC(CC)Cn1cncc1C(CN)C(C)C. The fraction of sp³-hybridized carbons (Fsp3) is 0.786. The van der Waals surface area contributed by atoms with E-state index in [4.69, 9.17) is 5.73 Å². The van der Waals surface area contributed by atoms with Gasteiger partial charge in [0.1, 0.15) is 0 Å². The van der Waals surface area contributed by atoms with Crippen LogP contribution in [0.4, 0.5) is 0 Å². The van der Waals surface area contributed by atoms with Crippen molar-refractivity contribution < 1.29 is 0 Å². The number of hydrogen-bond acceptors (Lipinski definition) is 2. The Morgan fingerprint density at radius 2 is 1.94 bits per heavy atom. The molecule has 1 atom stereocenters. The van der Waals surface area contributed by atoms with Crippen molar-refractivity contribution in [3.8, 4) is 0 Å². The number of imidazole rings is 1. The lowest BCUT2D eigenvalue weighted by molar-refractivity contribution is 0.393. The Morgan fingerprint density at radius 3 is 2.41 bits per heavy atom. The van der Waals surface area contributed by atoms with Crippen molar-refractivity contribution in [3.05, 3.63) is 18.2 Å². The van der Waals surface area contributed by atoms with Crippen molar-refractivity contribution in [3.63, 3.8) is 0 Å². The molecule has 0 aromatic carbocycles. The summed E-state index contributed by atoms with van der Waals surface area (Å²) in [6.45, 7) is 10.7. The standard InChI is InChI=1S/C14H27N3/c1-5-12(6-2)9-17-10-16-8-14(17)13(7-15)11(3)4/h8,10-13H,5-7,9,15H2,1-4H3. The summed E-state index contributed by atoms with van der Waals surface area (Å²) in [7, 11) is 0. The summed E-state index contributed by atoms with van der Waals surface area (Å²) < 4.78 is 2.30. The van der Waals surface area contributed by atoms with E-state index in [1.807, 2.05) is 12.5 Å². The largest absolute Gasteiger partial charge is 0.334 e. The van der Waals surface area contributed by atoms with Crippen LogP contribution in [0, 0.1) is 11.8 Å². The summed E-state index contributed by atoms with van der Waals surface area (Å²) >= 11 is 0. The lowest BCUT2D eigenvalue weighted by Crippen LogP contribution is -2.22. The maximum atomic E-state index is 5.89. The van der Waals surface area contributed by atoms with Crippen molar-refractivity contribution in [1.82, 2.24) is 9.55 Å². The van der Waals surface area contributed by atoms with Crippen LogP contribution in [0.2, 0.25) is 0 Å². The molecule has 2 N–H and O–H groups in total. The molecule has 1 aromatic rings. The van der Waals surface area contributed by atoms with Crippen molar-refractivity contribution in [1.29, 1.82) is 0 Å². The van der Waals surface area contributed by atoms with Gasteiger partial charge in [-0.3, -0.25) is 0 Å². The molecule has 1 heterocycles. The monoisotopic (exact) mass is 237 g/mol. The van der Waals surface area contributed by atoms with Gasteiger partial charge >= 0.3 is 0 Å². The number of hydrogen-bond donors (Lipinski definition) is 1. The summed E-state index contributed by atoms with van der Waals surface area (Å²) in [5.41, 5.74) is 7.19. The van der Waals surface area contributed by atoms with Crippen LogP contribution < -0.4 is 5.73 Å². The molecule has 1 unspecified atom stereocenters. The van der Waals surface area contributed by atoms with Gasteiger partial charge in [0.05, 0.1) is 6.33 Å². The molecule has 3 heteroatoms. The number of aromatic nitrogens is 2. The average molecular weight is 237 g/mol. The van der Waals surface area contributed by atoms with E-state index < -0.39 is 0 Å². The van der Waals surface area contributed by atoms with Gasteiger partial charge in [-0.1, -0.05) is 40.5 Å². The Balaban J connectivity index is 2.84. The molecular weight excluding hydrogens is 210 g/mol. The van der Waals surface area contributed by atoms with Crippen molar-refractivity contribution in [2.24, 2.45) is 17.6 Å². The minimum atomic E-state index is 0.423. The Labute approximate surface area is 105 Å². The van der Waals surface area contributed by atoms with Crippen LogP contribution in [0.25, 0.3) is 0 Å². The Morgan fingerprint density at radius 1 is 1.29 bits per heavy atom. The second-order valence-corrected chi connectivity index (χ2v) is 5.24. The lowest BCUT2D eigenvalue weighted by atomic mass is 9.92. The molecule has 0 aliphatic rings. The van der Waals surface area contributed by atoms with Crippen LogP contribution in [-0.2, 0) is 6.54 Å². The van der Waals surface area contributed by atoms with Gasteiger partial charge in [-0.05, 0) is 11.8 Å². The zero-order valence-corrected chi connectivity index (χ0v) is 11.7. The molecule has 1 rings (SSSR count). The maximum Gasteiger partial charge on any atom is 0.0948 e. The Hall–Kier alpha value is -0.830. The van der Waals surface area contributed by atoms with Gasteiger partial charge < -0.3 is 10.3 Å². The second kappa shape index (κ2) is 6.80. The molecule has 0 saturated carbocycles. The zero-order chi connectivity index (χ0) is 12.8. The van der Waals surface area contributed by atoms with E-state index >= 15 is 0 Å². The zero-order valence-electron chi connectivity index (χ0n) is 11.7. The van der Waals surface area contributed by atoms with Crippen molar-refractivity contribution in [2.75, 3.05) is 6.54 Å². The third-order valence-electron chi connectivity index (χ3n) is 3.79. The number of rotatable bonds is 7. The topological polar surface area (TPSA) is 43.8 Å². The van der Waals surface area contributed by atoms with Crippen LogP contribution in [0.3, 0.4) is 0 Å². The van der Waals surface area contributed by atoms with Crippen LogP contribution in [0.5, 0.6) is 0 Å². The van der Waals surface area contributed by atoms with Gasteiger partial charge in [0.25, 0.3) is 0 Å². The highest BCUT2D eigenvalue weighted by Gasteiger charge is 2.19. The average Bonchev–Trinajstić information content (AvgIpc) is 2.74.